The quantitative estimate of drug-likeness (QED) is 0.723. The van der Waals surface area contributed by atoms with E-state index in [0.29, 0.717) is 16.6 Å². The average molecular weight is 315 g/mol. The summed E-state index contributed by atoms with van der Waals surface area (Å²) in [7, 11) is -2.03. The maximum atomic E-state index is 11.8. The third-order valence-corrected chi connectivity index (χ3v) is 6.21. The fraction of sp³-hybridized carbons (Fsp3) is 0.538. The van der Waals surface area contributed by atoms with Crippen LogP contribution in [0.25, 0.3) is 0 Å². The van der Waals surface area contributed by atoms with Crippen molar-refractivity contribution in [3.05, 3.63) is 18.2 Å². The number of hydrogen-bond donors (Lipinski definition) is 3. The number of anilines is 2. The molecule has 1 aromatic rings. The van der Waals surface area contributed by atoms with Crippen molar-refractivity contribution >= 4 is 33.2 Å². The molecule has 1 aliphatic rings. The van der Waals surface area contributed by atoms with Crippen molar-refractivity contribution in [2.45, 2.75) is 29.4 Å². The Hall–Kier alpha value is -0.920. The normalized spacial score (nSPS) is 19.8. The van der Waals surface area contributed by atoms with Crippen molar-refractivity contribution in [3.63, 3.8) is 0 Å². The van der Waals surface area contributed by atoms with Crippen LogP contribution < -0.4 is 15.8 Å². The van der Waals surface area contributed by atoms with Crippen LogP contribution in [0.1, 0.15) is 19.3 Å². The van der Waals surface area contributed by atoms with Crippen molar-refractivity contribution in [1.29, 1.82) is 0 Å². The number of nitrogen functional groups attached to an aromatic ring is 1. The lowest BCUT2D eigenvalue weighted by Gasteiger charge is -2.22. The average Bonchev–Trinajstić information content (AvgIpc) is 2.47. The first-order chi connectivity index (χ1) is 9.53. The molecule has 1 unspecified atom stereocenters. The summed E-state index contributed by atoms with van der Waals surface area (Å²) in [5, 5.41) is 3.86. The maximum absolute atomic E-state index is 11.8. The second-order valence-corrected chi connectivity index (χ2v) is 8.12. The topological polar surface area (TPSA) is 84.2 Å². The van der Waals surface area contributed by atoms with Gasteiger partial charge in [0.15, 0.2) is 0 Å². The Kier molecular flexibility index (Phi) is 5.17. The lowest BCUT2D eigenvalue weighted by molar-refractivity contribution is 0.588. The smallest absolute Gasteiger partial charge is 0.240 e. The van der Waals surface area contributed by atoms with Crippen molar-refractivity contribution in [2.75, 3.05) is 30.4 Å². The lowest BCUT2D eigenvalue weighted by Crippen LogP contribution is -2.21. The first kappa shape index (κ1) is 15.5. The second kappa shape index (κ2) is 6.69. The van der Waals surface area contributed by atoms with Gasteiger partial charge >= 0.3 is 0 Å². The summed E-state index contributed by atoms with van der Waals surface area (Å²) in [5.74, 6) is 1.20. The Morgan fingerprint density at radius 3 is 2.85 bits per heavy atom. The van der Waals surface area contributed by atoms with E-state index in [-0.39, 0.29) is 4.90 Å². The van der Waals surface area contributed by atoms with E-state index in [2.05, 4.69) is 10.0 Å². The molecule has 0 radical (unpaired) electrons. The van der Waals surface area contributed by atoms with Crippen LogP contribution in [-0.4, -0.2) is 33.0 Å². The van der Waals surface area contributed by atoms with Gasteiger partial charge in [-0.1, -0.05) is 6.42 Å². The standard InChI is InChI=1S/C13H21N3O2S2/c1-15-20(17,18)11-5-6-12(14)13(8-11)16-9-10-4-2-3-7-19-10/h5-6,8,10,15-16H,2-4,7,9,14H2,1H3. The highest BCUT2D eigenvalue weighted by Gasteiger charge is 2.16. The van der Waals surface area contributed by atoms with E-state index in [1.165, 1.54) is 38.1 Å². The van der Waals surface area contributed by atoms with E-state index in [4.69, 9.17) is 5.73 Å². The van der Waals surface area contributed by atoms with Crippen LogP contribution in [0.4, 0.5) is 11.4 Å². The summed E-state index contributed by atoms with van der Waals surface area (Å²) in [4.78, 5) is 0.230. The minimum absolute atomic E-state index is 0.230. The van der Waals surface area contributed by atoms with Crippen molar-refractivity contribution in [1.82, 2.24) is 4.72 Å². The molecule has 20 heavy (non-hydrogen) atoms. The number of thioether (sulfide) groups is 1. The predicted octanol–water partition coefficient (Wildman–Crippen LogP) is 1.87. The van der Waals surface area contributed by atoms with Gasteiger partial charge in [0, 0.05) is 11.8 Å². The van der Waals surface area contributed by atoms with Crippen LogP contribution in [0.3, 0.4) is 0 Å². The Bertz CT molecular complexity index is 555. The van der Waals surface area contributed by atoms with Crippen LogP contribution in [-0.2, 0) is 10.0 Å². The van der Waals surface area contributed by atoms with E-state index < -0.39 is 10.0 Å². The molecule has 0 aliphatic carbocycles. The van der Waals surface area contributed by atoms with E-state index in [1.54, 1.807) is 12.1 Å². The van der Waals surface area contributed by atoms with Crippen LogP contribution in [0.15, 0.2) is 23.1 Å². The van der Waals surface area contributed by atoms with Crippen LogP contribution in [0.5, 0.6) is 0 Å². The first-order valence-electron chi connectivity index (χ1n) is 6.71. The molecule has 1 fully saturated rings. The van der Waals surface area contributed by atoms with Crippen molar-refractivity contribution in [3.8, 4) is 0 Å². The monoisotopic (exact) mass is 315 g/mol. The molecule has 0 bridgehead atoms. The Labute approximate surface area is 124 Å². The molecule has 4 N–H and O–H groups in total. The van der Waals surface area contributed by atoms with Gasteiger partial charge in [0.2, 0.25) is 10.0 Å². The highest BCUT2D eigenvalue weighted by Crippen LogP contribution is 2.27. The molecule has 1 aliphatic heterocycles. The summed E-state index contributed by atoms with van der Waals surface area (Å²) in [6.45, 7) is 0.817. The number of nitrogens with two attached hydrogens (primary N) is 1. The van der Waals surface area contributed by atoms with Crippen molar-refractivity contribution in [2.24, 2.45) is 0 Å². The Morgan fingerprint density at radius 1 is 1.40 bits per heavy atom. The van der Waals surface area contributed by atoms with Gasteiger partial charge < -0.3 is 11.1 Å². The van der Waals surface area contributed by atoms with Gasteiger partial charge in [-0.25, -0.2) is 13.1 Å². The highest BCUT2D eigenvalue weighted by molar-refractivity contribution is 8.00. The zero-order valence-corrected chi connectivity index (χ0v) is 13.2. The van der Waals surface area contributed by atoms with E-state index >= 15 is 0 Å². The summed E-state index contributed by atoms with van der Waals surface area (Å²) >= 11 is 1.97. The van der Waals surface area contributed by atoms with E-state index in [1.807, 2.05) is 11.8 Å². The van der Waals surface area contributed by atoms with Crippen LogP contribution in [0, 0.1) is 0 Å². The van der Waals surface area contributed by atoms with Crippen molar-refractivity contribution < 1.29 is 8.42 Å². The van der Waals surface area contributed by atoms with Gasteiger partial charge in [-0.15, -0.1) is 0 Å². The Morgan fingerprint density at radius 2 is 2.20 bits per heavy atom. The third-order valence-electron chi connectivity index (χ3n) is 3.40. The molecular formula is C13H21N3O2S2. The van der Waals surface area contributed by atoms with Gasteiger partial charge in [-0.2, -0.15) is 11.8 Å². The van der Waals surface area contributed by atoms with Gasteiger partial charge in [-0.3, -0.25) is 0 Å². The molecule has 7 heteroatoms. The highest BCUT2D eigenvalue weighted by atomic mass is 32.2. The molecule has 112 valence electrons. The Balaban J connectivity index is 2.08. The number of rotatable bonds is 5. The zero-order chi connectivity index (χ0) is 14.6. The maximum Gasteiger partial charge on any atom is 0.240 e. The molecule has 1 aromatic carbocycles. The SMILES string of the molecule is CNS(=O)(=O)c1ccc(N)c(NCC2CCCCS2)c1. The molecule has 2 rings (SSSR count). The largest absolute Gasteiger partial charge is 0.397 e. The predicted molar refractivity (Wildman–Crippen MR) is 85.7 cm³/mol. The fourth-order valence-electron chi connectivity index (χ4n) is 2.17. The minimum Gasteiger partial charge on any atom is -0.397 e. The van der Waals surface area contributed by atoms with Gasteiger partial charge in [0.25, 0.3) is 0 Å². The van der Waals surface area contributed by atoms with Crippen LogP contribution >= 0.6 is 11.8 Å². The van der Waals surface area contributed by atoms with Crippen LogP contribution in [0.2, 0.25) is 0 Å². The summed E-state index contributed by atoms with van der Waals surface area (Å²) in [6.07, 6.45) is 3.76. The lowest BCUT2D eigenvalue weighted by atomic mass is 10.2. The molecular weight excluding hydrogens is 294 g/mol. The molecule has 1 heterocycles. The van der Waals surface area contributed by atoms with Gasteiger partial charge in [0.05, 0.1) is 16.3 Å². The van der Waals surface area contributed by atoms with E-state index in [0.717, 1.165) is 6.54 Å². The summed E-state index contributed by atoms with van der Waals surface area (Å²) in [6, 6.07) is 4.73. The van der Waals surface area contributed by atoms with Gasteiger partial charge in [0.1, 0.15) is 0 Å². The number of hydrogen-bond acceptors (Lipinski definition) is 5. The third kappa shape index (κ3) is 3.80. The molecule has 0 amide bonds. The second-order valence-electron chi connectivity index (χ2n) is 4.83. The summed E-state index contributed by atoms with van der Waals surface area (Å²) < 4.78 is 25.9. The molecule has 1 saturated heterocycles. The zero-order valence-electron chi connectivity index (χ0n) is 11.6. The molecule has 5 nitrogen and oxygen atoms in total. The first-order valence-corrected chi connectivity index (χ1v) is 9.24. The molecule has 1 atom stereocenters. The minimum atomic E-state index is -3.43. The number of sulfonamides is 1. The molecule has 0 spiro atoms. The summed E-state index contributed by atoms with van der Waals surface area (Å²) in [5.41, 5.74) is 7.16. The fourth-order valence-corrected chi connectivity index (χ4v) is 4.16. The molecule has 0 aromatic heterocycles. The van der Waals surface area contributed by atoms with Gasteiger partial charge in [-0.05, 0) is 43.8 Å². The van der Waals surface area contributed by atoms with E-state index in [9.17, 15) is 8.42 Å². The number of nitrogens with one attached hydrogen (secondary N) is 2. The number of benzene rings is 1. The molecule has 0 saturated carbocycles.